The Labute approximate surface area is 142 Å². The van der Waals surface area contributed by atoms with E-state index in [1.165, 1.54) is 11.1 Å². The van der Waals surface area contributed by atoms with Crippen LogP contribution in [0.25, 0.3) is 11.0 Å². The van der Waals surface area contributed by atoms with Gasteiger partial charge in [0, 0.05) is 0 Å². The number of aliphatic hydroxyl groups excluding tert-OH is 1. The molecule has 0 radical (unpaired) electrons. The zero-order valence-corrected chi connectivity index (χ0v) is 14.8. The Kier molecular flexibility index (Phi) is 4.58. The topological polar surface area (TPSA) is 47.3 Å². The fourth-order valence-electron chi connectivity index (χ4n) is 3.07. The molecular weight excluding hydrogens is 300 g/mol. The second kappa shape index (κ2) is 6.65. The Morgan fingerprint density at radius 3 is 2.33 bits per heavy atom. The molecule has 0 spiro atoms. The molecule has 0 aliphatic heterocycles. The van der Waals surface area contributed by atoms with E-state index in [9.17, 15) is 5.11 Å². The first kappa shape index (κ1) is 16.5. The molecule has 1 aromatic heterocycles. The van der Waals surface area contributed by atoms with Gasteiger partial charge in [0.05, 0.1) is 17.6 Å². The zero-order chi connectivity index (χ0) is 17.3. The van der Waals surface area contributed by atoms with E-state index < -0.39 is 0 Å². The minimum atomic E-state index is -0.0732. The molecule has 1 heterocycles. The normalized spacial score (nSPS) is 11.2. The fourth-order valence-corrected chi connectivity index (χ4v) is 3.07. The lowest BCUT2D eigenvalue weighted by Gasteiger charge is -2.14. The molecular formula is C20H24N2O2. The molecule has 0 bridgehead atoms. The van der Waals surface area contributed by atoms with Gasteiger partial charge in [-0.15, -0.1) is 0 Å². The van der Waals surface area contributed by atoms with Crippen LogP contribution in [0.15, 0.2) is 30.3 Å². The quantitative estimate of drug-likeness (QED) is 0.775. The maximum atomic E-state index is 9.64. The largest absolute Gasteiger partial charge is 0.491 e. The van der Waals surface area contributed by atoms with Crippen molar-refractivity contribution in [1.82, 2.24) is 9.55 Å². The molecule has 126 valence electrons. The Balaban J connectivity index is 1.86. The van der Waals surface area contributed by atoms with Gasteiger partial charge in [0.1, 0.15) is 24.8 Å². The van der Waals surface area contributed by atoms with Crippen molar-refractivity contribution < 1.29 is 9.84 Å². The summed E-state index contributed by atoms with van der Waals surface area (Å²) in [6, 6.07) is 10.4. The first-order valence-electron chi connectivity index (χ1n) is 8.27. The van der Waals surface area contributed by atoms with E-state index in [2.05, 4.69) is 61.5 Å². The van der Waals surface area contributed by atoms with Gasteiger partial charge in [-0.3, -0.25) is 0 Å². The summed E-state index contributed by atoms with van der Waals surface area (Å²) < 4.78 is 8.06. The van der Waals surface area contributed by atoms with E-state index in [1.54, 1.807) is 0 Å². The lowest BCUT2D eigenvalue weighted by molar-refractivity contribution is 0.255. The molecule has 4 heteroatoms. The molecule has 0 saturated carbocycles. The van der Waals surface area contributed by atoms with Crippen LogP contribution in [0.5, 0.6) is 5.75 Å². The minimum absolute atomic E-state index is 0.0732. The van der Waals surface area contributed by atoms with Crippen LogP contribution < -0.4 is 4.74 Å². The van der Waals surface area contributed by atoms with Crippen LogP contribution in [0.1, 0.15) is 28.1 Å². The highest BCUT2D eigenvalue weighted by Gasteiger charge is 2.12. The smallest absolute Gasteiger partial charge is 0.135 e. The fraction of sp³-hybridized carbons (Fsp3) is 0.350. The molecule has 0 atom stereocenters. The number of aliphatic hydroxyl groups is 1. The summed E-state index contributed by atoms with van der Waals surface area (Å²) in [6.45, 7) is 9.41. The molecule has 4 nitrogen and oxygen atoms in total. The summed E-state index contributed by atoms with van der Waals surface area (Å²) in [5.41, 5.74) is 6.69. The van der Waals surface area contributed by atoms with Gasteiger partial charge in [-0.1, -0.05) is 18.2 Å². The summed E-state index contributed by atoms with van der Waals surface area (Å²) in [4.78, 5) is 4.55. The number of hydrogen-bond donors (Lipinski definition) is 1. The lowest BCUT2D eigenvalue weighted by atomic mass is 10.1. The highest BCUT2D eigenvalue weighted by molar-refractivity contribution is 5.78. The third kappa shape index (κ3) is 3.02. The number of nitrogens with zero attached hydrogens (tertiary/aromatic N) is 2. The highest BCUT2D eigenvalue weighted by Crippen LogP contribution is 2.24. The molecule has 3 rings (SSSR count). The molecule has 0 saturated heterocycles. The van der Waals surface area contributed by atoms with Crippen LogP contribution >= 0.6 is 0 Å². The van der Waals surface area contributed by atoms with Crippen molar-refractivity contribution in [1.29, 1.82) is 0 Å². The van der Waals surface area contributed by atoms with Crippen LogP contribution in [0, 0.1) is 27.7 Å². The summed E-state index contributed by atoms with van der Waals surface area (Å²) in [5.74, 6) is 1.62. The van der Waals surface area contributed by atoms with Crippen LogP contribution in [0.3, 0.4) is 0 Å². The number of benzene rings is 2. The maximum Gasteiger partial charge on any atom is 0.135 e. The number of ether oxygens (including phenoxy) is 1. The summed E-state index contributed by atoms with van der Waals surface area (Å²) >= 11 is 0. The molecule has 3 aromatic rings. The number of aromatic nitrogens is 2. The molecule has 1 N–H and O–H groups in total. The molecule has 0 fully saturated rings. The number of para-hydroxylation sites is 1. The molecule has 2 aromatic carbocycles. The molecule has 0 aliphatic carbocycles. The third-order valence-electron chi connectivity index (χ3n) is 4.55. The Hall–Kier alpha value is -2.33. The van der Waals surface area contributed by atoms with Gasteiger partial charge in [0.25, 0.3) is 0 Å². The monoisotopic (exact) mass is 324 g/mol. The Morgan fingerprint density at radius 1 is 1.00 bits per heavy atom. The number of fused-ring (bicyclic) bond motifs is 1. The van der Waals surface area contributed by atoms with E-state index in [0.717, 1.165) is 27.9 Å². The molecule has 0 amide bonds. The Bertz CT molecular complexity index is 861. The number of aryl methyl sites for hydroxylation is 4. The molecule has 24 heavy (non-hydrogen) atoms. The second-order valence-electron chi connectivity index (χ2n) is 6.33. The summed E-state index contributed by atoms with van der Waals surface area (Å²) in [6.07, 6.45) is 0. The average molecular weight is 324 g/mol. The van der Waals surface area contributed by atoms with Gasteiger partial charge in [-0.2, -0.15) is 0 Å². The van der Waals surface area contributed by atoms with E-state index in [-0.39, 0.29) is 6.61 Å². The van der Waals surface area contributed by atoms with Gasteiger partial charge in [0.15, 0.2) is 0 Å². The van der Waals surface area contributed by atoms with Gasteiger partial charge in [-0.05, 0) is 62.1 Å². The molecule has 0 aliphatic rings. The van der Waals surface area contributed by atoms with Crippen molar-refractivity contribution in [2.45, 2.75) is 40.8 Å². The predicted molar refractivity (Wildman–Crippen MR) is 96.5 cm³/mol. The minimum Gasteiger partial charge on any atom is -0.491 e. The average Bonchev–Trinajstić information content (AvgIpc) is 2.88. The maximum absolute atomic E-state index is 9.64. The van der Waals surface area contributed by atoms with E-state index in [1.807, 2.05) is 6.07 Å². The third-order valence-corrected chi connectivity index (χ3v) is 4.55. The van der Waals surface area contributed by atoms with E-state index in [4.69, 9.17) is 4.74 Å². The van der Waals surface area contributed by atoms with Gasteiger partial charge in [0.2, 0.25) is 0 Å². The van der Waals surface area contributed by atoms with E-state index >= 15 is 0 Å². The van der Waals surface area contributed by atoms with Gasteiger partial charge < -0.3 is 14.4 Å². The first-order valence-corrected chi connectivity index (χ1v) is 8.27. The van der Waals surface area contributed by atoms with Crippen molar-refractivity contribution in [3.63, 3.8) is 0 Å². The number of rotatable bonds is 5. The van der Waals surface area contributed by atoms with Crippen LogP contribution in [0.4, 0.5) is 0 Å². The molecule has 0 unspecified atom stereocenters. The van der Waals surface area contributed by atoms with Crippen LogP contribution in [-0.4, -0.2) is 21.3 Å². The standard InChI is InChI=1S/C20H24N2O2/c1-13-6-5-7-14(2)20(13)24-9-8-22-18-11-16(4)15(3)10-17(18)21-19(22)12-23/h5-7,10-11,23H,8-9,12H2,1-4H3. The SMILES string of the molecule is Cc1cc2nc(CO)n(CCOc3c(C)cccc3C)c2cc1C. The van der Waals surface area contributed by atoms with Gasteiger partial charge >= 0.3 is 0 Å². The second-order valence-corrected chi connectivity index (χ2v) is 6.33. The van der Waals surface area contributed by atoms with Crippen molar-refractivity contribution in [3.8, 4) is 5.75 Å². The van der Waals surface area contributed by atoms with Crippen molar-refractivity contribution in [3.05, 3.63) is 58.4 Å². The number of imidazole rings is 1. The first-order chi connectivity index (χ1) is 11.5. The van der Waals surface area contributed by atoms with Crippen molar-refractivity contribution >= 4 is 11.0 Å². The van der Waals surface area contributed by atoms with Crippen LogP contribution in [-0.2, 0) is 13.2 Å². The predicted octanol–water partition coefficient (Wildman–Crippen LogP) is 3.84. The summed E-state index contributed by atoms with van der Waals surface area (Å²) in [5, 5.41) is 9.64. The van der Waals surface area contributed by atoms with Crippen molar-refractivity contribution in [2.24, 2.45) is 0 Å². The highest BCUT2D eigenvalue weighted by atomic mass is 16.5. The van der Waals surface area contributed by atoms with E-state index in [0.29, 0.717) is 19.0 Å². The zero-order valence-electron chi connectivity index (χ0n) is 14.8. The summed E-state index contributed by atoms with van der Waals surface area (Å²) in [7, 11) is 0. The number of hydrogen-bond acceptors (Lipinski definition) is 3. The lowest BCUT2D eigenvalue weighted by Crippen LogP contribution is -2.12. The Morgan fingerprint density at radius 2 is 1.67 bits per heavy atom. The van der Waals surface area contributed by atoms with Crippen LogP contribution in [0.2, 0.25) is 0 Å². The van der Waals surface area contributed by atoms with Crippen molar-refractivity contribution in [2.75, 3.05) is 6.61 Å². The van der Waals surface area contributed by atoms with Gasteiger partial charge in [-0.25, -0.2) is 4.98 Å².